The summed E-state index contributed by atoms with van der Waals surface area (Å²) in [4.78, 5) is 27.1. The molecule has 1 saturated heterocycles. The van der Waals surface area contributed by atoms with Gasteiger partial charge in [-0.15, -0.1) is 0 Å². The van der Waals surface area contributed by atoms with Gasteiger partial charge in [-0.05, 0) is 47.0 Å². The third-order valence-corrected chi connectivity index (χ3v) is 5.58. The van der Waals surface area contributed by atoms with Crippen molar-refractivity contribution in [2.75, 3.05) is 31.1 Å². The van der Waals surface area contributed by atoms with Crippen LogP contribution in [0.1, 0.15) is 26.3 Å². The van der Waals surface area contributed by atoms with Gasteiger partial charge in [0.2, 0.25) is 0 Å². The summed E-state index contributed by atoms with van der Waals surface area (Å²) in [6, 6.07) is 23.1. The Balaban J connectivity index is 1.40. The van der Waals surface area contributed by atoms with E-state index in [4.69, 9.17) is 5.11 Å². The minimum Gasteiger partial charge on any atom is -0.478 e. The number of carbonyl (C=O) groups excluding carboxylic acids is 1. The van der Waals surface area contributed by atoms with E-state index in [0.717, 1.165) is 61.4 Å². The van der Waals surface area contributed by atoms with Crippen LogP contribution in [0.15, 0.2) is 72.8 Å². The molecule has 0 bridgehead atoms. The number of aromatic carboxylic acids is 1. The summed E-state index contributed by atoms with van der Waals surface area (Å²) in [6.07, 6.45) is 0.927. The Morgan fingerprint density at radius 3 is 2.30 bits per heavy atom. The van der Waals surface area contributed by atoms with Crippen molar-refractivity contribution in [1.82, 2.24) is 4.90 Å². The van der Waals surface area contributed by atoms with Gasteiger partial charge >= 0.3 is 5.97 Å². The molecular formula is C25H24N2O3. The molecule has 3 aromatic rings. The Bertz CT molecular complexity index is 1040. The van der Waals surface area contributed by atoms with Crippen LogP contribution in [0, 0.1) is 0 Å². The summed E-state index contributed by atoms with van der Waals surface area (Å²) < 4.78 is 0. The highest BCUT2D eigenvalue weighted by Crippen LogP contribution is 2.24. The van der Waals surface area contributed by atoms with Gasteiger partial charge in [-0.25, -0.2) is 4.79 Å². The third-order valence-electron chi connectivity index (χ3n) is 5.58. The van der Waals surface area contributed by atoms with Crippen molar-refractivity contribution in [1.29, 1.82) is 0 Å². The summed E-state index contributed by atoms with van der Waals surface area (Å²) in [5, 5.41) is 9.07. The number of aldehydes is 1. The van der Waals surface area contributed by atoms with Crippen molar-refractivity contribution in [2.24, 2.45) is 0 Å². The van der Waals surface area contributed by atoms with Crippen LogP contribution >= 0.6 is 0 Å². The first-order valence-corrected chi connectivity index (χ1v) is 10.1. The monoisotopic (exact) mass is 400 g/mol. The zero-order valence-electron chi connectivity index (χ0n) is 16.7. The molecule has 0 aliphatic carbocycles. The molecule has 0 spiro atoms. The molecule has 0 atom stereocenters. The van der Waals surface area contributed by atoms with Crippen LogP contribution in [0.5, 0.6) is 0 Å². The smallest absolute Gasteiger partial charge is 0.335 e. The van der Waals surface area contributed by atoms with Gasteiger partial charge in [0.1, 0.15) is 0 Å². The molecule has 5 nitrogen and oxygen atoms in total. The zero-order chi connectivity index (χ0) is 20.9. The normalized spacial score (nSPS) is 14.5. The Morgan fingerprint density at radius 1 is 0.867 bits per heavy atom. The first-order chi connectivity index (χ1) is 14.6. The van der Waals surface area contributed by atoms with Crippen LogP contribution in [0.25, 0.3) is 11.1 Å². The Kier molecular flexibility index (Phi) is 5.91. The van der Waals surface area contributed by atoms with E-state index in [9.17, 15) is 9.59 Å². The summed E-state index contributed by atoms with van der Waals surface area (Å²) in [7, 11) is 0. The molecular weight excluding hydrogens is 376 g/mol. The van der Waals surface area contributed by atoms with Crippen molar-refractivity contribution in [3.63, 3.8) is 0 Å². The van der Waals surface area contributed by atoms with E-state index >= 15 is 0 Å². The number of rotatable bonds is 6. The van der Waals surface area contributed by atoms with Gasteiger partial charge in [0.25, 0.3) is 0 Å². The topological polar surface area (TPSA) is 60.9 Å². The Morgan fingerprint density at radius 2 is 1.60 bits per heavy atom. The molecule has 1 aliphatic heterocycles. The number of nitrogens with zero attached hydrogens (tertiary/aromatic N) is 2. The van der Waals surface area contributed by atoms with E-state index < -0.39 is 5.97 Å². The number of carbonyl (C=O) groups is 2. The first-order valence-electron chi connectivity index (χ1n) is 10.1. The van der Waals surface area contributed by atoms with Gasteiger partial charge in [0, 0.05) is 44.0 Å². The average molecular weight is 400 g/mol. The number of hydrogen-bond acceptors (Lipinski definition) is 4. The fourth-order valence-corrected chi connectivity index (χ4v) is 3.93. The minimum atomic E-state index is -0.912. The maximum Gasteiger partial charge on any atom is 0.335 e. The quantitative estimate of drug-likeness (QED) is 0.629. The SMILES string of the molecule is O=Cc1ccccc1N1CCN(Cc2cccc(-c3ccc(C(=O)O)cc3)c2)CC1. The molecule has 0 amide bonds. The molecule has 1 N–H and O–H groups in total. The van der Waals surface area contributed by atoms with Crippen LogP contribution in [-0.2, 0) is 6.54 Å². The summed E-state index contributed by atoms with van der Waals surface area (Å²) in [5.41, 5.74) is 5.38. The molecule has 0 saturated carbocycles. The zero-order valence-corrected chi connectivity index (χ0v) is 16.7. The fourth-order valence-electron chi connectivity index (χ4n) is 3.93. The lowest BCUT2D eigenvalue weighted by Crippen LogP contribution is -2.46. The van der Waals surface area contributed by atoms with Crippen LogP contribution in [0.4, 0.5) is 5.69 Å². The predicted molar refractivity (Wildman–Crippen MR) is 118 cm³/mol. The maximum absolute atomic E-state index is 11.3. The highest BCUT2D eigenvalue weighted by Gasteiger charge is 2.19. The van der Waals surface area contributed by atoms with Crippen LogP contribution in [0.3, 0.4) is 0 Å². The van der Waals surface area contributed by atoms with Crippen molar-refractivity contribution in [2.45, 2.75) is 6.54 Å². The molecule has 1 heterocycles. The molecule has 0 radical (unpaired) electrons. The standard InChI is InChI=1S/C25H24N2O3/c28-18-23-5-1-2-7-24(23)27-14-12-26(13-15-27)17-19-4-3-6-22(16-19)20-8-10-21(11-9-20)25(29)30/h1-11,16,18H,12-15,17H2,(H,29,30). The maximum atomic E-state index is 11.3. The molecule has 3 aromatic carbocycles. The van der Waals surface area contributed by atoms with Crippen LogP contribution in [-0.4, -0.2) is 48.4 Å². The molecule has 5 heteroatoms. The van der Waals surface area contributed by atoms with E-state index in [1.807, 2.05) is 48.5 Å². The lowest BCUT2D eigenvalue weighted by atomic mass is 10.0. The number of carboxylic acid groups (broad SMARTS) is 1. The predicted octanol–water partition coefficient (Wildman–Crippen LogP) is 4.19. The van der Waals surface area contributed by atoms with E-state index in [-0.39, 0.29) is 0 Å². The van der Waals surface area contributed by atoms with Gasteiger partial charge in [-0.2, -0.15) is 0 Å². The number of piperazine rings is 1. The lowest BCUT2D eigenvalue weighted by molar-refractivity contribution is 0.0696. The highest BCUT2D eigenvalue weighted by atomic mass is 16.4. The molecule has 152 valence electrons. The van der Waals surface area contributed by atoms with Gasteiger partial charge in [-0.3, -0.25) is 9.69 Å². The fraction of sp³-hybridized carbons (Fsp3) is 0.200. The molecule has 0 unspecified atom stereocenters. The van der Waals surface area contributed by atoms with E-state index in [0.29, 0.717) is 5.56 Å². The highest BCUT2D eigenvalue weighted by molar-refractivity contribution is 5.88. The van der Waals surface area contributed by atoms with E-state index in [1.165, 1.54) is 5.56 Å². The van der Waals surface area contributed by atoms with Gasteiger partial charge in [0.15, 0.2) is 6.29 Å². The molecule has 1 aliphatic rings. The molecule has 30 heavy (non-hydrogen) atoms. The second kappa shape index (κ2) is 8.93. The van der Waals surface area contributed by atoms with Crippen molar-refractivity contribution < 1.29 is 14.7 Å². The number of carboxylic acids is 1. The Hall–Kier alpha value is -3.44. The lowest BCUT2D eigenvalue weighted by Gasteiger charge is -2.36. The van der Waals surface area contributed by atoms with Crippen molar-refractivity contribution in [3.05, 3.63) is 89.5 Å². The second-order valence-corrected chi connectivity index (χ2v) is 7.52. The molecule has 0 aromatic heterocycles. The number of benzene rings is 3. The molecule has 4 rings (SSSR count). The van der Waals surface area contributed by atoms with Gasteiger partial charge in [-0.1, -0.05) is 42.5 Å². The number of hydrogen-bond donors (Lipinski definition) is 1. The van der Waals surface area contributed by atoms with Gasteiger partial charge in [0.05, 0.1) is 5.56 Å². The van der Waals surface area contributed by atoms with Crippen LogP contribution < -0.4 is 4.90 Å². The van der Waals surface area contributed by atoms with E-state index in [2.05, 4.69) is 21.9 Å². The largest absolute Gasteiger partial charge is 0.478 e. The van der Waals surface area contributed by atoms with Crippen molar-refractivity contribution in [3.8, 4) is 11.1 Å². The summed E-state index contributed by atoms with van der Waals surface area (Å²) in [6.45, 7) is 4.52. The van der Waals surface area contributed by atoms with Gasteiger partial charge < -0.3 is 10.0 Å². The molecule has 1 fully saturated rings. The number of anilines is 1. The summed E-state index contributed by atoms with van der Waals surface area (Å²) in [5.74, 6) is -0.912. The van der Waals surface area contributed by atoms with Crippen molar-refractivity contribution >= 4 is 17.9 Å². The summed E-state index contributed by atoms with van der Waals surface area (Å²) >= 11 is 0. The average Bonchev–Trinajstić information content (AvgIpc) is 2.80. The second-order valence-electron chi connectivity index (χ2n) is 7.52. The van der Waals surface area contributed by atoms with E-state index in [1.54, 1.807) is 12.1 Å². The first kappa shape index (κ1) is 19.9. The third kappa shape index (κ3) is 4.42. The Labute approximate surface area is 176 Å². The number of para-hydroxylation sites is 1. The van der Waals surface area contributed by atoms with Crippen LogP contribution in [0.2, 0.25) is 0 Å². The minimum absolute atomic E-state index is 0.295.